The third-order valence-electron chi connectivity index (χ3n) is 1.63. The molecule has 61 valence electrons. The Morgan fingerprint density at radius 3 is 3.33 bits per heavy atom. The van der Waals surface area contributed by atoms with E-state index >= 15 is 0 Å². The van der Waals surface area contributed by atoms with Crippen LogP contribution in [0, 0.1) is 11.9 Å². The van der Waals surface area contributed by atoms with Gasteiger partial charge in [0.2, 0.25) is 0 Å². The lowest BCUT2D eigenvalue weighted by Gasteiger charge is -2.16. The fourth-order valence-electron chi connectivity index (χ4n) is 1.05. The first kappa shape index (κ1) is 7.09. The summed E-state index contributed by atoms with van der Waals surface area (Å²) >= 11 is 0. The first-order valence-electron chi connectivity index (χ1n) is 3.40. The lowest BCUT2D eigenvalue weighted by atomic mass is 10.1. The highest BCUT2D eigenvalue weighted by atomic mass is 19.1. The van der Waals surface area contributed by atoms with E-state index in [1.165, 1.54) is 6.07 Å². The Kier molecular flexibility index (Phi) is 1.46. The molecular weight excluding hydrogens is 161 g/mol. The summed E-state index contributed by atoms with van der Waals surface area (Å²) in [6, 6.07) is 5.37. The van der Waals surface area contributed by atoms with E-state index in [0.717, 1.165) is 0 Å². The molecule has 0 saturated carbocycles. The normalized spacial score (nSPS) is 14.6. The van der Waals surface area contributed by atoms with E-state index in [2.05, 4.69) is 16.1 Å². The predicted molar refractivity (Wildman–Crippen MR) is 39.0 cm³/mol. The molecule has 1 aromatic carbocycles. The Morgan fingerprint density at radius 2 is 2.50 bits per heavy atom. The molecule has 1 radical (unpaired) electrons. The minimum absolute atomic E-state index is 0.0235. The van der Waals surface area contributed by atoms with Crippen molar-refractivity contribution in [2.24, 2.45) is 0 Å². The van der Waals surface area contributed by atoms with Gasteiger partial charge in [-0.1, -0.05) is 0 Å². The van der Waals surface area contributed by atoms with Crippen molar-refractivity contribution in [3.8, 4) is 0 Å². The molecule has 1 N–H and O–H groups in total. The Labute approximate surface area is 68.1 Å². The second kappa shape index (κ2) is 2.48. The number of cyclic esters (lactones) is 1. The Bertz CT molecular complexity index is 338. The molecule has 0 atom stereocenters. The van der Waals surface area contributed by atoms with Gasteiger partial charge in [-0.05, 0) is 12.1 Å². The predicted octanol–water partition coefficient (Wildman–Crippen LogP) is 1.69. The van der Waals surface area contributed by atoms with Crippen molar-refractivity contribution in [2.45, 2.75) is 6.61 Å². The van der Waals surface area contributed by atoms with E-state index in [-0.39, 0.29) is 6.61 Å². The minimum Gasteiger partial charge on any atom is -0.444 e. The topological polar surface area (TPSA) is 38.3 Å². The highest BCUT2D eigenvalue weighted by molar-refractivity contribution is 5.87. The van der Waals surface area contributed by atoms with E-state index in [4.69, 9.17) is 0 Å². The highest BCUT2D eigenvalue weighted by Crippen LogP contribution is 2.22. The first-order chi connectivity index (χ1) is 5.77. The van der Waals surface area contributed by atoms with Gasteiger partial charge < -0.3 is 4.74 Å². The number of halogens is 1. The zero-order chi connectivity index (χ0) is 8.55. The van der Waals surface area contributed by atoms with Crippen LogP contribution < -0.4 is 5.32 Å². The van der Waals surface area contributed by atoms with Gasteiger partial charge in [-0.2, -0.15) is 0 Å². The van der Waals surface area contributed by atoms with E-state index in [1.54, 1.807) is 6.07 Å². The van der Waals surface area contributed by atoms with E-state index < -0.39 is 11.9 Å². The molecule has 1 aromatic rings. The molecule has 0 aliphatic carbocycles. The number of hydrogen-bond acceptors (Lipinski definition) is 2. The lowest BCUT2D eigenvalue weighted by molar-refractivity contribution is 0.149. The zero-order valence-corrected chi connectivity index (χ0v) is 6.06. The molecule has 1 aliphatic heterocycles. The number of fused-ring (bicyclic) bond motifs is 1. The van der Waals surface area contributed by atoms with Crippen LogP contribution in [0.15, 0.2) is 12.1 Å². The largest absolute Gasteiger partial charge is 0.444 e. The average Bonchev–Trinajstić information content (AvgIpc) is 2.04. The molecule has 1 heterocycles. The molecule has 0 unspecified atom stereocenters. The van der Waals surface area contributed by atoms with Gasteiger partial charge in [0.1, 0.15) is 12.4 Å². The van der Waals surface area contributed by atoms with Crippen molar-refractivity contribution in [3.63, 3.8) is 0 Å². The summed E-state index contributed by atoms with van der Waals surface area (Å²) in [6.07, 6.45) is -0.548. The molecule has 4 heteroatoms. The molecule has 0 saturated heterocycles. The molecule has 12 heavy (non-hydrogen) atoms. The van der Waals surface area contributed by atoms with Crippen LogP contribution in [0.3, 0.4) is 0 Å². The molecule has 3 nitrogen and oxygen atoms in total. The number of nitrogens with one attached hydrogen (secondary N) is 1. The fourth-order valence-corrected chi connectivity index (χ4v) is 1.05. The van der Waals surface area contributed by atoms with Gasteiger partial charge in [0.05, 0.1) is 5.69 Å². The number of carbonyl (C=O) groups excluding carboxylic acids is 1. The molecule has 1 aliphatic rings. The fraction of sp³-hybridized carbons (Fsp3) is 0.125. The zero-order valence-electron chi connectivity index (χ0n) is 6.06. The number of anilines is 1. The van der Waals surface area contributed by atoms with Crippen LogP contribution in [0.2, 0.25) is 0 Å². The summed E-state index contributed by atoms with van der Waals surface area (Å²) in [6.45, 7) is -0.0235. The van der Waals surface area contributed by atoms with Gasteiger partial charge >= 0.3 is 6.09 Å². The summed E-state index contributed by atoms with van der Waals surface area (Å²) in [5.74, 6) is -0.479. The Morgan fingerprint density at radius 1 is 1.67 bits per heavy atom. The van der Waals surface area contributed by atoms with Crippen LogP contribution in [0.4, 0.5) is 14.9 Å². The van der Waals surface area contributed by atoms with Crippen molar-refractivity contribution >= 4 is 11.8 Å². The first-order valence-corrected chi connectivity index (χ1v) is 3.40. The van der Waals surface area contributed by atoms with Crippen LogP contribution in [-0.4, -0.2) is 6.09 Å². The van der Waals surface area contributed by atoms with Gasteiger partial charge in [0.15, 0.2) is 0 Å². The summed E-state index contributed by atoms with van der Waals surface area (Å²) in [7, 11) is 0. The van der Waals surface area contributed by atoms with Gasteiger partial charge in [0.25, 0.3) is 0 Å². The van der Waals surface area contributed by atoms with E-state index in [9.17, 15) is 9.18 Å². The lowest BCUT2D eigenvalue weighted by Crippen LogP contribution is -2.21. The summed E-state index contributed by atoms with van der Waals surface area (Å²) in [5, 5.41) is 2.38. The van der Waals surface area contributed by atoms with Gasteiger partial charge in [-0.25, -0.2) is 9.18 Å². The Balaban J connectivity index is 2.48. The minimum atomic E-state index is -0.548. The van der Waals surface area contributed by atoms with Gasteiger partial charge in [0, 0.05) is 11.6 Å². The smallest absolute Gasteiger partial charge is 0.411 e. The van der Waals surface area contributed by atoms with E-state index in [0.29, 0.717) is 11.3 Å². The molecule has 0 aromatic heterocycles. The van der Waals surface area contributed by atoms with Crippen LogP contribution in [-0.2, 0) is 11.3 Å². The Hall–Kier alpha value is -1.58. The number of carbonyl (C=O) groups is 1. The third-order valence-corrected chi connectivity index (χ3v) is 1.63. The van der Waals surface area contributed by atoms with E-state index in [1.807, 2.05) is 0 Å². The second-order valence-electron chi connectivity index (χ2n) is 2.39. The second-order valence-corrected chi connectivity index (χ2v) is 2.39. The van der Waals surface area contributed by atoms with Crippen LogP contribution in [0.25, 0.3) is 0 Å². The standard InChI is InChI=1S/C8H5FNO2/c9-6-2-1-3-7-5(6)4-12-8(11)10-7/h1,3H,4H2,(H,10,11). The number of hydrogen-bond donors (Lipinski definition) is 1. The summed E-state index contributed by atoms with van der Waals surface area (Å²) in [5.41, 5.74) is 0.805. The van der Waals surface area contributed by atoms with Crippen molar-refractivity contribution in [2.75, 3.05) is 5.32 Å². The highest BCUT2D eigenvalue weighted by Gasteiger charge is 2.18. The van der Waals surface area contributed by atoms with Gasteiger partial charge in [-0.15, -0.1) is 0 Å². The maximum Gasteiger partial charge on any atom is 0.411 e. The summed E-state index contributed by atoms with van der Waals surface area (Å²) in [4.78, 5) is 10.7. The molecular formula is C8H5FNO2. The van der Waals surface area contributed by atoms with Crippen LogP contribution in [0.5, 0.6) is 0 Å². The molecule has 0 bridgehead atoms. The average molecular weight is 166 g/mol. The number of benzene rings is 1. The van der Waals surface area contributed by atoms with Crippen molar-refractivity contribution in [3.05, 3.63) is 29.6 Å². The van der Waals surface area contributed by atoms with Crippen LogP contribution in [0.1, 0.15) is 5.56 Å². The third kappa shape index (κ3) is 1.01. The maximum absolute atomic E-state index is 12.9. The van der Waals surface area contributed by atoms with Crippen molar-refractivity contribution in [1.29, 1.82) is 0 Å². The summed E-state index contributed by atoms with van der Waals surface area (Å²) < 4.78 is 17.5. The number of ether oxygens (including phenoxy) is 1. The molecule has 0 spiro atoms. The maximum atomic E-state index is 12.9. The number of rotatable bonds is 0. The monoisotopic (exact) mass is 166 g/mol. The van der Waals surface area contributed by atoms with Crippen molar-refractivity contribution in [1.82, 2.24) is 0 Å². The van der Waals surface area contributed by atoms with Gasteiger partial charge in [-0.3, -0.25) is 5.32 Å². The van der Waals surface area contributed by atoms with Crippen molar-refractivity contribution < 1.29 is 13.9 Å². The molecule has 2 rings (SSSR count). The quantitative estimate of drug-likeness (QED) is 0.636. The molecule has 0 fully saturated rings. The number of amides is 1. The molecule has 1 amide bonds. The SMILES string of the molecule is O=C1Nc2cc[c]c(F)c2CO1. The van der Waals surface area contributed by atoms with Crippen LogP contribution >= 0.6 is 0 Å².